The summed E-state index contributed by atoms with van der Waals surface area (Å²) < 4.78 is 0. The number of hydrogen-bond acceptors (Lipinski definition) is 4. The second-order valence-corrected chi connectivity index (χ2v) is 2.45. The van der Waals surface area contributed by atoms with Crippen molar-refractivity contribution in [1.82, 2.24) is 15.4 Å². The first-order valence-electron chi connectivity index (χ1n) is 3.70. The minimum atomic E-state index is -0.617. The van der Waals surface area contributed by atoms with Crippen molar-refractivity contribution in [3.05, 3.63) is 32.1 Å². The van der Waals surface area contributed by atoms with Gasteiger partial charge in [0, 0.05) is 5.56 Å². The minimum Gasteiger partial charge on any atom is -0.306 e. The normalized spacial score (nSPS) is 10.4. The van der Waals surface area contributed by atoms with Gasteiger partial charge in [0.05, 0.1) is 11.9 Å². The molecule has 0 spiro atoms. The molecule has 0 atom stereocenters. The molecular weight excluding hydrogens is 188 g/mol. The van der Waals surface area contributed by atoms with Gasteiger partial charge >= 0.3 is 5.69 Å². The zero-order chi connectivity index (χ0) is 10.6. The molecule has 14 heavy (non-hydrogen) atoms. The molecule has 1 aromatic heterocycles. The molecule has 1 heterocycles. The molecule has 0 fully saturated rings. The number of hydrazone groups is 1. The van der Waals surface area contributed by atoms with Gasteiger partial charge < -0.3 is 4.98 Å². The standard InChI is InChI=1S/C7H8N4O3/c1-4-5(2-8-9-3-12)10-7(14)11-6(4)13/h2-3H,1H3,(H,9,12)(H2,10,11,13,14)/b8-2+. The Balaban J connectivity index is 3.14. The molecule has 3 N–H and O–H groups in total. The zero-order valence-corrected chi connectivity index (χ0v) is 7.33. The molecule has 0 aliphatic heterocycles. The predicted octanol–water partition coefficient (Wildman–Crippen LogP) is -1.55. The van der Waals surface area contributed by atoms with Crippen LogP contribution in [-0.2, 0) is 4.79 Å². The first-order chi connectivity index (χ1) is 6.65. The Morgan fingerprint density at radius 1 is 1.36 bits per heavy atom. The summed E-state index contributed by atoms with van der Waals surface area (Å²) in [4.78, 5) is 36.2. The van der Waals surface area contributed by atoms with E-state index in [2.05, 4.69) is 15.1 Å². The van der Waals surface area contributed by atoms with E-state index in [1.807, 2.05) is 5.43 Å². The molecule has 7 nitrogen and oxygen atoms in total. The van der Waals surface area contributed by atoms with Crippen molar-refractivity contribution in [3.63, 3.8) is 0 Å². The predicted molar refractivity (Wildman–Crippen MR) is 49.2 cm³/mol. The van der Waals surface area contributed by atoms with Crippen LogP contribution in [0, 0.1) is 6.92 Å². The average Bonchev–Trinajstić information content (AvgIpc) is 2.13. The van der Waals surface area contributed by atoms with Crippen molar-refractivity contribution in [1.29, 1.82) is 0 Å². The van der Waals surface area contributed by atoms with Crippen molar-refractivity contribution in [3.8, 4) is 0 Å². The van der Waals surface area contributed by atoms with Gasteiger partial charge in [0.2, 0.25) is 6.41 Å². The molecular formula is C7H8N4O3. The SMILES string of the molecule is Cc1c(/C=N/NC=O)[nH]c(=O)[nH]c1=O. The first-order valence-corrected chi connectivity index (χ1v) is 3.70. The fraction of sp³-hybridized carbons (Fsp3) is 0.143. The summed E-state index contributed by atoms with van der Waals surface area (Å²) >= 11 is 0. The lowest BCUT2D eigenvalue weighted by Gasteiger charge is -1.96. The van der Waals surface area contributed by atoms with Crippen molar-refractivity contribution in [2.24, 2.45) is 5.10 Å². The van der Waals surface area contributed by atoms with E-state index < -0.39 is 11.2 Å². The molecule has 7 heteroatoms. The molecule has 74 valence electrons. The van der Waals surface area contributed by atoms with Crippen molar-refractivity contribution in [2.45, 2.75) is 6.92 Å². The molecule has 0 aliphatic carbocycles. The van der Waals surface area contributed by atoms with Gasteiger partial charge in [-0.05, 0) is 6.92 Å². The van der Waals surface area contributed by atoms with Crippen LogP contribution >= 0.6 is 0 Å². The van der Waals surface area contributed by atoms with Crippen molar-refractivity contribution < 1.29 is 4.79 Å². The lowest BCUT2D eigenvalue weighted by molar-refractivity contribution is -0.109. The molecule has 0 unspecified atom stereocenters. The molecule has 0 saturated heterocycles. The summed E-state index contributed by atoms with van der Waals surface area (Å²) in [7, 11) is 0. The Morgan fingerprint density at radius 2 is 2.07 bits per heavy atom. The van der Waals surface area contributed by atoms with E-state index in [1.165, 1.54) is 13.1 Å². The maximum absolute atomic E-state index is 11.1. The Hall–Kier alpha value is -2.18. The Labute approximate surface area is 77.9 Å². The van der Waals surface area contributed by atoms with Gasteiger partial charge in [-0.15, -0.1) is 0 Å². The number of hydrogen-bond donors (Lipinski definition) is 3. The van der Waals surface area contributed by atoms with Crippen LogP contribution in [0.15, 0.2) is 14.7 Å². The second-order valence-electron chi connectivity index (χ2n) is 2.45. The lowest BCUT2D eigenvalue weighted by atomic mass is 10.3. The molecule has 1 aromatic rings. The maximum atomic E-state index is 11.1. The molecule has 0 bridgehead atoms. The van der Waals surface area contributed by atoms with Crippen LogP contribution < -0.4 is 16.7 Å². The number of amides is 1. The third-order valence-electron chi connectivity index (χ3n) is 1.54. The van der Waals surface area contributed by atoms with Crippen LogP contribution in [0.3, 0.4) is 0 Å². The number of aromatic amines is 2. The van der Waals surface area contributed by atoms with Gasteiger partial charge in [0.15, 0.2) is 0 Å². The number of H-pyrrole nitrogens is 2. The third-order valence-corrected chi connectivity index (χ3v) is 1.54. The smallest absolute Gasteiger partial charge is 0.306 e. The van der Waals surface area contributed by atoms with Gasteiger partial charge in [-0.25, -0.2) is 10.2 Å². The fourth-order valence-corrected chi connectivity index (χ4v) is 0.828. The van der Waals surface area contributed by atoms with E-state index in [-0.39, 0.29) is 5.69 Å². The molecule has 0 aromatic carbocycles. The fourth-order valence-electron chi connectivity index (χ4n) is 0.828. The van der Waals surface area contributed by atoms with Crippen LogP contribution in [0.2, 0.25) is 0 Å². The van der Waals surface area contributed by atoms with Crippen LogP contribution in [0.5, 0.6) is 0 Å². The Bertz CT molecular complexity index is 471. The number of aromatic nitrogens is 2. The zero-order valence-electron chi connectivity index (χ0n) is 7.33. The van der Waals surface area contributed by atoms with Gasteiger partial charge in [-0.2, -0.15) is 5.10 Å². The third kappa shape index (κ3) is 2.16. The average molecular weight is 196 g/mol. The molecule has 1 rings (SSSR count). The minimum absolute atomic E-state index is 0.258. The number of rotatable bonds is 3. The summed E-state index contributed by atoms with van der Waals surface area (Å²) in [5.74, 6) is 0. The van der Waals surface area contributed by atoms with E-state index in [4.69, 9.17) is 0 Å². The van der Waals surface area contributed by atoms with Gasteiger partial charge in [0.1, 0.15) is 0 Å². The largest absolute Gasteiger partial charge is 0.326 e. The molecule has 0 aliphatic rings. The highest BCUT2D eigenvalue weighted by Gasteiger charge is 2.00. The quantitative estimate of drug-likeness (QED) is 0.309. The number of nitrogens with one attached hydrogen (secondary N) is 3. The highest BCUT2D eigenvalue weighted by Crippen LogP contribution is 1.88. The van der Waals surface area contributed by atoms with Crippen molar-refractivity contribution in [2.75, 3.05) is 0 Å². The van der Waals surface area contributed by atoms with E-state index in [0.29, 0.717) is 12.0 Å². The van der Waals surface area contributed by atoms with E-state index in [1.54, 1.807) is 0 Å². The van der Waals surface area contributed by atoms with Crippen LogP contribution in [0.4, 0.5) is 0 Å². The first kappa shape index (κ1) is 9.90. The Kier molecular flexibility index (Phi) is 2.95. The summed E-state index contributed by atoms with van der Waals surface area (Å²) in [5, 5.41) is 3.44. The van der Waals surface area contributed by atoms with Crippen LogP contribution in [-0.4, -0.2) is 22.6 Å². The molecule has 1 amide bonds. The number of carbonyl (C=O) groups is 1. The summed E-state index contributed by atoms with van der Waals surface area (Å²) in [6.45, 7) is 1.52. The molecule has 0 saturated carbocycles. The van der Waals surface area contributed by atoms with Gasteiger partial charge in [0.25, 0.3) is 5.56 Å². The number of nitrogens with zero attached hydrogens (tertiary/aromatic N) is 1. The summed E-state index contributed by atoms with van der Waals surface area (Å²) in [6.07, 6.45) is 1.55. The van der Waals surface area contributed by atoms with E-state index in [0.717, 1.165) is 0 Å². The van der Waals surface area contributed by atoms with Gasteiger partial charge in [-0.3, -0.25) is 14.6 Å². The topological polar surface area (TPSA) is 107 Å². The van der Waals surface area contributed by atoms with Crippen molar-refractivity contribution >= 4 is 12.6 Å². The van der Waals surface area contributed by atoms with E-state index in [9.17, 15) is 14.4 Å². The number of carbonyl (C=O) groups excluding carboxylic acids is 1. The monoisotopic (exact) mass is 196 g/mol. The molecule has 0 radical (unpaired) electrons. The van der Waals surface area contributed by atoms with E-state index >= 15 is 0 Å². The van der Waals surface area contributed by atoms with Gasteiger partial charge in [-0.1, -0.05) is 0 Å². The highest BCUT2D eigenvalue weighted by atomic mass is 16.2. The highest BCUT2D eigenvalue weighted by molar-refractivity contribution is 5.78. The van der Waals surface area contributed by atoms with Crippen LogP contribution in [0.1, 0.15) is 11.3 Å². The maximum Gasteiger partial charge on any atom is 0.326 e. The Morgan fingerprint density at radius 3 is 2.71 bits per heavy atom. The van der Waals surface area contributed by atoms with Crippen LogP contribution in [0.25, 0.3) is 0 Å². The lowest BCUT2D eigenvalue weighted by Crippen LogP contribution is -2.26. The summed E-state index contributed by atoms with van der Waals surface area (Å²) in [6, 6.07) is 0. The summed E-state index contributed by atoms with van der Waals surface area (Å²) in [5.41, 5.74) is 1.49. The second kappa shape index (κ2) is 4.17.